The van der Waals surface area contributed by atoms with Crippen LogP contribution in [0.4, 0.5) is 0 Å². The number of sulfone groups is 1. The van der Waals surface area contributed by atoms with Gasteiger partial charge in [0.1, 0.15) is 5.94 Å². The highest BCUT2D eigenvalue weighted by molar-refractivity contribution is 7.91. The number of carbonyl (C=O) groups is 1. The first kappa shape index (κ1) is 12.4. The lowest BCUT2D eigenvalue weighted by Gasteiger charge is -2.08. The van der Waals surface area contributed by atoms with Crippen molar-refractivity contribution in [2.45, 2.75) is 19.8 Å². The fourth-order valence-corrected chi connectivity index (χ4v) is 2.48. The van der Waals surface area contributed by atoms with Crippen LogP contribution in [0, 0.1) is 11.8 Å². The minimum absolute atomic E-state index is 0.354. The molecular formula is C9H16O5S. The first-order valence-corrected chi connectivity index (χ1v) is 6.74. The third-order valence-corrected chi connectivity index (χ3v) is 3.77. The van der Waals surface area contributed by atoms with E-state index in [1.54, 1.807) is 0 Å². The van der Waals surface area contributed by atoms with Crippen molar-refractivity contribution in [3.05, 3.63) is 0 Å². The maximum atomic E-state index is 11.4. The fourth-order valence-electron chi connectivity index (χ4n) is 1.13. The summed E-state index contributed by atoms with van der Waals surface area (Å²) >= 11 is 0. The Kier molecular flexibility index (Phi) is 4.10. The van der Waals surface area contributed by atoms with E-state index in [1.807, 2.05) is 0 Å². The highest BCUT2D eigenvalue weighted by Gasteiger charge is 2.24. The van der Waals surface area contributed by atoms with E-state index < -0.39 is 21.7 Å². The summed E-state index contributed by atoms with van der Waals surface area (Å²) in [6, 6.07) is 0. The molecule has 5 nitrogen and oxygen atoms in total. The van der Waals surface area contributed by atoms with Gasteiger partial charge in [-0.05, 0) is 18.8 Å². The number of aliphatic carboxylic acids is 1. The molecule has 1 aliphatic rings. The molecular weight excluding hydrogens is 220 g/mol. The summed E-state index contributed by atoms with van der Waals surface area (Å²) in [5, 5.41) is 8.56. The average Bonchev–Trinajstić information content (AvgIpc) is 2.86. The Balaban J connectivity index is 2.26. The maximum absolute atomic E-state index is 11.4. The molecule has 1 atom stereocenters. The number of carboxylic acids is 1. The van der Waals surface area contributed by atoms with Gasteiger partial charge >= 0.3 is 5.97 Å². The molecule has 15 heavy (non-hydrogen) atoms. The Morgan fingerprint density at radius 1 is 1.53 bits per heavy atom. The standard InChI is InChI=1S/C9H16O5S/c1-7(9(10)11)5-15(12,13)6-14-4-8-2-3-8/h7-8H,2-6H2,1H3,(H,10,11). The first-order chi connectivity index (χ1) is 6.91. The zero-order valence-corrected chi connectivity index (χ0v) is 9.50. The Labute approximate surface area is 89.3 Å². The molecule has 0 aromatic carbocycles. The topological polar surface area (TPSA) is 80.7 Å². The van der Waals surface area contributed by atoms with Crippen molar-refractivity contribution in [2.24, 2.45) is 11.8 Å². The number of ether oxygens (including phenoxy) is 1. The molecule has 1 saturated carbocycles. The predicted molar refractivity (Wildman–Crippen MR) is 54.1 cm³/mol. The SMILES string of the molecule is CC(CS(=O)(=O)COCC1CC1)C(=O)O. The van der Waals surface area contributed by atoms with Gasteiger partial charge in [-0.25, -0.2) is 8.42 Å². The number of hydrogen-bond acceptors (Lipinski definition) is 4. The normalized spacial score (nSPS) is 18.7. The molecule has 1 fully saturated rings. The van der Waals surface area contributed by atoms with Crippen LogP contribution in [-0.4, -0.2) is 37.8 Å². The van der Waals surface area contributed by atoms with Gasteiger partial charge in [0.25, 0.3) is 0 Å². The third-order valence-electron chi connectivity index (χ3n) is 2.24. The van der Waals surface area contributed by atoms with Gasteiger partial charge in [0.05, 0.1) is 18.3 Å². The van der Waals surface area contributed by atoms with Crippen molar-refractivity contribution >= 4 is 15.8 Å². The highest BCUT2D eigenvalue weighted by Crippen LogP contribution is 2.28. The molecule has 1 rings (SSSR count). The minimum Gasteiger partial charge on any atom is -0.481 e. The lowest BCUT2D eigenvalue weighted by Crippen LogP contribution is -2.24. The second-order valence-electron chi connectivity index (χ2n) is 4.08. The molecule has 0 saturated heterocycles. The number of carboxylic acid groups (broad SMARTS) is 1. The number of rotatable bonds is 7. The largest absolute Gasteiger partial charge is 0.481 e. The molecule has 0 spiro atoms. The van der Waals surface area contributed by atoms with E-state index in [-0.39, 0.29) is 11.7 Å². The summed E-state index contributed by atoms with van der Waals surface area (Å²) < 4.78 is 27.7. The number of hydrogen-bond donors (Lipinski definition) is 1. The predicted octanol–water partition coefficient (Wildman–Crippen LogP) is 0.506. The van der Waals surface area contributed by atoms with Gasteiger partial charge in [-0.3, -0.25) is 4.79 Å². The molecule has 0 aromatic rings. The zero-order valence-electron chi connectivity index (χ0n) is 8.68. The van der Waals surface area contributed by atoms with Gasteiger partial charge < -0.3 is 9.84 Å². The van der Waals surface area contributed by atoms with Gasteiger partial charge in [0.15, 0.2) is 9.84 Å². The van der Waals surface area contributed by atoms with Crippen LogP contribution in [0.15, 0.2) is 0 Å². The van der Waals surface area contributed by atoms with E-state index in [1.165, 1.54) is 6.92 Å². The Hall–Kier alpha value is -0.620. The van der Waals surface area contributed by atoms with Crippen LogP contribution in [0.5, 0.6) is 0 Å². The van der Waals surface area contributed by atoms with Crippen molar-refractivity contribution in [2.75, 3.05) is 18.3 Å². The van der Waals surface area contributed by atoms with Crippen molar-refractivity contribution in [3.63, 3.8) is 0 Å². The Morgan fingerprint density at radius 2 is 2.13 bits per heavy atom. The minimum atomic E-state index is -3.40. The van der Waals surface area contributed by atoms with Gasteiger partial charge in [-0.15, -0.1) is 0 Å². The van der Waals surface area contributed by atoms with E-state index in [9.17, 15) is 13.2 Å². The third kappa shape index (κ3) is 5.13. The summed E-state index contributed by atoms with van der Waals surface area (Å²) in [4.78, 5) is 10.5. The monoisotopic (exact) mass is 236 g/mol. The molecule has 1 aliphatic carbocycles. The lowest BCUT2D eigenvalue weighted by molar-refractivity contribution is -0.140. The van der Waals surface area contributed by atoms with Crippen LogP contribution in [0.3, 0.4) is 0 Å². The van der Waals surface area contributed by atoms with Gasteiger partial charge in [-0.1, -0.05) is 6.92 Å². The lowest BCUT2D eigenvalue weighted by atomic mass is 10.2. The van der Waals surface area contributed by atoms with Crippen molar-refractivity contribution in [3.8, 4) is 0 Å². The molecule has 1 unspecified atom stereocenters. The first-order valence-electron chi connectivity index (χ1n) is 4.91. The van der Waals surface area contributed by atoms with Gasteiger partial charge in [0.2, 0.25) is 0 Å². The van der Waals surface area contributed by atoms with E-state index in [4.69, 9.17) is 9.84 Å². The highest BCUT2D eigenvalue weighted by atomic mass is 32.2. The van der Waals surface area contributed by atoms with Crippen LogP contribution in [0.2, 0.25) is 0 Å². The molecule has 0 aliphatic heterocycles. The second kappa shape index (κ2) is 4.94. The zero-order chi connectivity index (χ0) is 11.5. The smallest absolute Gasteiger partial charge is 0.307 e. The summed E-state index contributed by atoms with van der Waals surface area (Å²) in [6.07, 6.45) is 2.21. The summed E-state index contributed by atoms with van der Waals surface area (Å²) in [5.74, 6) is -2.17. The van der Waals surface area contributed by atoms with Crippen LogP contribution >= 0.6 is 0 Å². The van der Waals surface area contributed by atoms with E-state index in [0.717, 1.165) is 12.8 Å². The Morgan fingerprint density at radius 3 is 2.60 bits per heavy atom. The summed E-state index contributed by atoms with van der Waals surface area (Å²) in [6.45, 7) is 1.85. The molecule has 88 valence electrons. The Bertz CT molecular complexity index is 317. The van der Waals surface area contributed by atoms with Gasteiger partial charge in [-0.2, -0.15) is 0 Å². The molecule has 0 heterocycles. The van der Waals surface area contributed by atoms with Crippen molar-refractivity contribution in [1.29, 1.82) is 0 Å². The molecule has 6 heteroatoms. The summed E-state index contributed by atoms with van der Waals surface area (Å²) in [5.41, 5.74) is 0. The van der Waals surface area contributed by atoms with Crippen LogP contribution in [-0.2, 0) is 19.4 Å². The molecule has 0 aromatic heterocycles. The van der Waals surface area contributed by atoms with Gasteiger partial charge in [0, 0.05) is 0 Å². The molecule has 0 bridgehead atoms. The molecule has 0 radical (unpaired) electrons. The van der Waals surface area contributed by atoms with Crippen LogP contribution < -0.4 is 0 Å². The van der Waals surface area contributed by atoms with E-state index in [0.29, 0.717) is 12.5 Å². The van der Waals surface area contributed by atoms with E-state index in [2.05, 4.69) is 0 Å². The van der Waals surface area contributed by atoms with E-state index >= 15 is 0 Å². The van der Waals surface area contributed by atoms with Crippen LogP contribution in [0.25, 0.3) is 0 Å². The molecule has 1 N–H and O–H groups in total. The van der Waals surface area contributed by atoms with Crippen LogP contribution in [0.1, 0.15) is 19.8 Å². The summed E-state index contributed by atoms with van der Waals surface area (Å²) in [7, 11) is -3.40. The quantitative estimate of drug-likeness (QED) is 0.696. The second-order valence-corrected chi connectivity index (χ2v) is 6.14. The molecule has 0 amide bonds. The maximum Gasteiger partial charge on any atom is 0.307 e. The van der Waals surface area contributed by atoms with Crippen molar-refractivity contribution in [1.82, 2.24) is 0 Å². The average molecular weight is 236 g/mol. The van der Waals surface area contributed by atoms with Crippen molar-refractivity contribution < 1.29 is 23.1 Å². The fraction of sp³-hybridized carbons (Fsp3) is 0.889.